The number of likely N-dealkylation sites (tertiary alicyclic amines) is 1. The Balaban J connectivity index is 2.70. The van der Waals surface area contributed by atoms with Crippen molar-refractivity contribution >= 4 is 0 Å². The van der Waals surface area contributed by atoms with Crippen LogP contribution in [0.3, 0.4) is 0 Å². The van der Waals surface area contributed by atoms with Crippen molar-refractivity contribution in [1.82, 2.24) is 10.2 Å². The van der Waals surface area contributed by atoms with Crippen LogP contribution in [0.5, 0.6) is 0 Å². The van der Waals surface area contributed by atoms with Crippen LogP contribution in [-0.4, -0.2) is 36.1 Å². The predicted octanol–water partition coefficient (Wildman–Crippen LogP) is 3.20. The lowest BCUT2D eigenvalue weighted by atomic mass is 9.86. The molecule has 0 spiro atoms. The zero-order valence-electron chi connectivity index (χ0n) is 12.2. The maximum Gasteiger partial charge on any atom is 0.0455 e. The van der Waals surface area contributed by atoms with E-state index in [1.165, 1.54) is 44.3 Å². The number of piperidine rings is 1. The zero-order valence-corrected chi connectivity index (χ0v) is 12.2. The molecule has 100 valence electrons. The van der Waals surface area contributed by atoms with Crippen molar-refractivity contribution < 1.29 is 0 Å². The Morgan fingerprint density at radius 3 is 2.35 bits per heavy atom. The van der Waals surface area contributed by atoms with Crippen molar-refractivity contribution in [2.75, 3.05) is 19.6 Å². The van der Waals surface area contributed by atoms with Crippen LogP contribution in [0.1, 0.15) is 53.4 Å². The summed E-state index contributed by atoms with van der Waals surface area (Å²) in [5.74, 6) is 0. The zero-order chi connectivity index (χ0) is 12.9. The van der Waals surface area contributed by atoms with Crippen LogP contribution in [0.15, 0.2) is 12.2 Å². The summed E-state index contributed by atoms with van der Waals surface area (Å²) in [6, 6.07) is 0.403. The van der Waals surface area contributed by atoms with Gasteiger partial charge in [-0.3, -0.25) is 4.90 Å². The van der Waals surface area contributed by atoms with Gasteiger partial charge in [-0.1, -0.05) is 25.5 Å². The van der Waals surface area contributed by atoms with Crippen LogP contribution in [0.4, 0.5) is 0 Å². The number of rotatable bonds is 6. The predicted molar refractivity (Wildman–Crippen MR) is 76.4 cm³/mol. The molecule has 1 N–H and O–H groups in total. The maximum absolute atomic E-state index is 4.18. The monoisotopic (exact) mass is 238 g/mol. The van der Waals surface area contributed by atoms with Gasteiger partial charge in [0.15, 0.2) is 0 Å². The first-order valence-electron chi connectivity index (χ1n) is 7.14. The van der Waals surface area contributed by atoms with E-state index in [-0.39, 0.29) is 5.54 Å². The molecule has 1 unspecified atom stereocenters. The Morgan fingerprint density at radius 2 is 1.88 bits per heavy atom. The molecule has 1 rings (SSSR count). The fourth-order valence-electron chi connectivity index (χ4n) is 2.97. The lowest BCUT2D eigenvalue weighted by molar-refractivity contribution is 0.0718. The molecule has 0 bridgehead atoms. The van der Waals surface area contributed by atoms with Crippen molar-refractivity contribution in [3.63, 3.8) is 0 Å². The van der Waals surface area contributed by atoms with Crippen LogP contribution in [0.25, 0.3) is 0 Å². The average molecular weight is 238 g/mol. The molecule has 0 aromatic carbocycles. The van der Waals surface area contributed by atoms with Crippen LogP contribution in [-0.2, 0) is 0 Å². The van der Waals surface area contributed by atoms with Gasteiger partial charge in [-0.05, 0) is 59.7 Å². The third-order valence-corrected chi connectivity index (χ3v) is 3.97. The quantitative estimate of drug-likeness (QED) is 0.715. The first-order chi connectivity index (χ1) is 8.00. The molecule has 1 saturated heterocycles. The van der Waals surface area contributed by atoms with E-state index in [0.29, 0.717) is 6.04 Å². The topological polar surface area (TPSA) is 15.3 Å². The largest absolute Gasteiger partial charge is 0.309 e. The highest BCUT2D eigenvalue weighted by atomic mass is 15.2. The minimum Gasteiger partial charge on any atom is -0.309 e. The Bertz CT molecular complexity index is 239. The van der Waals surface area contributed by atoms with Crippen LogP contribution < -0.4 is 5.32 Å². The van der Waals surface area contributed by atoms with Gasteiger partial charge in [0.1, 0.15) is 0 Å². The summed E-state index contributed by atoms with van der Waals surface area (Å²) in [4.78, 5) is 2.64. The molecule has 0 radical (unpaired) electrons. The molecule has 0 aromatic rings. The van der Waals surface area contributed by atoms with E-state index in [2.05, 4.69) is 44.5 Å². The van der Waals surface area contributed by atoms with Crippen LogP contribution in [0.2, 0.25) is 0 Å². The molecule has 1 atom stereocenters. The number of hydrogen-bond donors (Lipinski definition) is 1. The van der Waals surface area contributed by atoms with Gasteiger partial charge in [0, 0.05) is 11.6 Å². The maximum atomic E-state index is 4.18. The molecule has 0 amide bonds. The molecule has 17 heavy (non-hydrogen) atoms. The highest BCUT2D eigenvalue weighted by Gasteiger charge is 2.35. The third kappa shape index (κ3) is 3.82. The number of hydrogen-bond acceptors (Lipinski definition) is 2. The molecule has 0 aliphatic carbocycles. The summed E-state index contributed by atoms with van der Waals surface area (Å²) in [6.45, 7) is 16.8. The van der Waals surface area contributed by atoms with Gasteiger partial charge in [0.2, 0.25) is 0 Å². The second-order valence-corrected chi connectivity index (χ2v) is 5.93. The second kappa shape index (κ2) is 6.55. The number of nitrogens with zero attached hydrogens (tertiary/aromatic N) is 1. The van der Waals surface area contributed by atoms with Gasteiger partial charge in [0.25, 0.3) is 0 Å². The molecule has 1 aliphatic heterocycles. The van der Waals surface area contributed by atoms with Crippen LogP contribution >= 0.6 is 0 Å². The molecular weight excluding hydrogens is 208 g/mol. The van der Waals surface area contributed by atoms with E-state index in [4.69, 9.17) is 0 Å². The Hall–Kier alpha value is -0.340. The van der Waals surface area contributed by atoms with E-state index in [1.807, 2.05) is 0 Å². The molecule has 2 nitrogen and oxygen atoms in total. The van der Waals surface area contributed by atoms with E-state index in [0.717, 1.165) is 6.54 Å². The average Bonchev–Trinajstić information content (AvgIpc) is 2.30. The third-order valence-electron chi connectivity index (χ3n) is 3.97. The molecule has 1 heterocycles. The fourth-order valence-corrected chi connectivity index (χ4v) is 2.97. The van der Waals surface area contributed by atoms with Gasteiger partial charge < -0.3 is 5.32 Å². The van der Waals surface area contributed by atoms with E-state index >= 15 is 0 Å². The highest BCUT2D eigenvalue weighted by molar-refractivity contribution is 5.12. The van der Waals surface area contributed by atoms with Gasteiger partial charge in [-0.15, -0.1) is 0 Å². The van der Waals surface area contributed by atoms with E-state index in [9.17, 15) is 0 Å². The Morgan fingerprint density at radius 1 is 1.29 bits per heavy atom. The highest BCUT2D eigenvalue weighted by Crippen LogP contribution is 2.26. The molecule has 1 fully saturated rings. The molecule has 1 aliphatic rings. The molecule has 2 heteroatoms. The van der Waals surface area contributed by atoms with Crippen molar-refractivity contribution in [1.29, 1.82) is 0 Å². The summed E-state index contributed by atoms with van der Waals surface area (Å²) in [5, 5.41) is 3.67. The Labute approximate surface area is 107 Å². The molecular formula is C15H30N2. The van der Waals surface area contributed by atoms with E-state index < -0.39 is 0 Å². The first kappa shape index (κ1) is 14.7. The van der Waals surface area contributed by atoms with Gasteiger partial charge in [-0.2, -0.15) is 0 Å². The van der Waals surface area contributed by atoms with Crippen molar-refractivity contribution in [2.45, 2.75) is 65.0 Å². The second-order valence-electron chi connectivity index (χ2n) is 5.93. The summed E-state index contributed by atoms with van der Waals surface area (Å²) in [7, 11) is 0. The van der Waals surface area contributed by atoms with Crippen molar-refractivity contribution in [3.8, 4) is 0 Å². The lowest BCUT2D eigenvalue weighted by Crippen LogP contribution is -2.59. The minimum atomic E-state index is 0.182. The molecule has 0 saturated carbocycles. The minimum absolute atomic E-state index is 0.182. The normalized spacial score (nSPS) is 20.2. The Kier molecular flexibility index (Phi) is 5.68. The van der Waals surface area contributed by atoms with Crippen LogP contribution in [0, 0.1) is 0 Å². The number of nitrogens with one attached hydrogen (secondary N) is 1. The van der Waals surface area contributed by atoms with Crippen molar-refractivity contribution in [3.05, 3.63) is 12.2 Å². The lowest BCUT2D eigenvalue weighted by Gasteiger charge is -2.46. The van der Waals surface area contributed by atoms with Gasteiger partial charge in [0.05, 0.1) is 0 Å². The van der Waals surface area contributed by atoms with E-state index in [1.54, 1.807) is 0 Å². The first-order valence-corrected chi connectivity index (χ1v) is 7.14. The SMILES string of the molecule is C=C(C)C(NCCC)C(C)(C)N1CCCCC1. The summed E-state index contributed by atoms with van der Waals surface area (Å²) < 4.78 is 0. The van der Waals surface area contributed by atoms with Gasteiger partial charge >= 0.3 is 0 Å². The van der Waals surface area contributed by atoms with Crippen molar-refractivity contribution in [2.24, 2.45) is 0 Å². The molecule has 0 aromatic heterocycles. The van der Waals surface area contributed by atoms with Gasteiger partial charge in [-0.25, -0.2) is 0 Å². The summed E-state index contributed by atoms with van der Waals surface area (Å²) in [6.07, 6.45) is 5.27. The summed E-state index contributed by atoms with van der Waals surface area (Å²) in [5.41, 5.74) is 1.44. The summed E-state index contributed by atoms with van der Waals surface area (Å²) >= 11 is 0. The smallest absolute Gasteiger partial charge is 0.0455 e. The fraction of sp³-hybridized carbons (Fsp3) is 0.867. The standard InChI is InChI=1S/C15H30N2/c1-6-10-16-14(13(2)3)15(4,5)17-11-8-7-9-12-17/h14,16H,2,6-12H2,1,3-5H3.